The van der Waals surface area contributed by atoms with Gasteiger partial charge in [-0.1, -0.05) is 30.3 Å². The highest BCUT2D eigenvalue weighted by Gasteiger charge is 2.22. The zero-order valence-electron chi connectivity index (χ0n) is 16.7. The Morgan fingerprint density at radius 3 is 2.38 bits per heavy atom. The molecule has 1 aliphatic heterocycles. The highest BCUT2D eigenvalue weighted by Crippen LogP contribution is 2.15. The molecule has 2 heterocycles. The van der Waals surface area contributed by atoms with Gasteiger partial charge in [-0.3, -0.25) is 4.79 Å². The molecule has 2 aromatic rings. The Balaban J connectivity index is 1.38. The first-order valence-electron chi connectivity index (χ1n) is 9.51. The molecule has 2 amide bonds. The lowest BCUT2D eigenvalue weighted by molar-refractivity contribution is -0.130. The molecular weight excluding hydrogens is 372 g/mol. The minimum atomic E-state index is -0.600. The number of benzene rings is 1. The third-order valence-corrected chi connectivity index (χ3v) is 4.65. The number of nitrogens with zero attached hydrogens (tertiary/aromatic N) is 5. The van der Waals surface area contributed by atoms with Crippen molar-refractivity contribution in [1.29, 1.82) is 0 Å². The Morgan fingerprint density at radius 2 is 1.76 bits per heavy atom. The smallest absolute Gasteiger partial charge is 0.407 e. The van der Waals surface area contributed by atoms with Crippen molar-refractivity contribution in [2.75, 3.05) is 56.6 Å². The van der Waals surface area contributed by atoms with Crippen LogP contribution >= 0.6 is 0 Å². The van der Waals surface area contributed by atoms with Crippen LogP contribution in [0.5, 0.6) is 0 Å². The average Bonchev–Trinajstić information content (AvgIpc) is 2.77. The Bertz CT molecular complexity index is 805. The normalized spacial score (nSPS) is 13.7. The average molecular weight is 398 g/mol. The molecule has 0 atom stereocenters. The molecule has 1 aromatic carbocycles. The van der Waals surface area contributed by atoms with Crippen LogP contribution in [0.25, 0.3) is 0 Å². The number of carbonyl (C=O) groups is 2. The van der Waals surface area contributed by atoms with Gasteiger partial charge < -0.3 is 24.8 Å². The quantitative estimate of drug-likeness (QED) is 0.780. The summed E-state index contributed by atoms with van der Waals surface area (Å²) in [7, 11) is 3.83. The highest BCUT2D eigenvalue weighted by atomic mass is 16.5. The van der Waals surface area contributed by atoms with Crippen LogP contribution in [0.4, 0.5) is 16.4 Å². The lowest BCUT2D eigenvalue weighted by Gasteiger charge is -2.35. The van der Waals surface area contributed by atoms with Gasteiger partial charge in [0.15, 0.2) is 11.6 Å². The molecule has 0 saturated carbocycles. The van der Waals surface area contributed by atoms with Gasteiger partial charge >= 0.3 is 6.09 Å². The molecule has 0 radical (unpaired) electrons. The van der Waals surface area contributed by atoms with Crippen molar-refractivity contribution >= 4 is 23.6 Å². The second-order valence-electron chi connectivity index (χ2n) is 6.93. The number of hydrogen-bond donors (Lipinski definition) is 1. The fourth-order valence-electron chi connectivity index (χ4n) is 2.94. The van der Waals surface area contributed by atoms with Crippen molar-refractivity contribution in [2.45, 2.75) is 6.61 Å². The molecule has 1 N–H and O–H groups in total. The SMILES string of the molecule is CN(C)c1ccc(N2CCN(C(=O)CNC(=O)OCc3ccccc3)CC2)nn1. The maximum absolute atomic E-state index is 12.3. The van der Waals surface area contributed by atoms with Crippen molar-refractivity contribution in [3.63, 3.8) is 0 Å². The molecule has 154 valence electrons. The summed E-state index contributed by atoms with van der Waals surface area (Å²) in [5.41, 5.74) is 0.895. The van der Waals surface area contributed by atoms with Gasteiger partial charge in [0.25, 0.3) is 0 Å². The molecule has 3 rings (SSSR count). The fraction of sp³-hybridized carbons (Fsp3) is 0.400. The van der Waals surface area contributed by atoms with E-state index >= 15 is 0 Å². The largest absolute Gasteiger partial charge is 0.445 e. The van der Waals surface area contributed by atoms with Crippen molar-refractivity contribution in [1.82, 2.24) is 20.4 Å². The van der Waals surface area contributed by atoms with Crippen LogP contribution in [-0.2, 0) is 16.1 Å². The van der Waals surface area contributed by atoms with E-state index in [1.54, 1.807) is 4.90 Å². The Morgan fingerprint density at radius 1 is 1.03 bits per heavy atom. The first-order valence-corrected chi connectivity index (χ1v) is 9.51. The summed E-state index contributed by atoms with van der Waals surface area (Å²) in [4.78, 5) is 29.8. The maximum Gasteiger partial charge on any atom is 0.407 e. The van der Waals surface area contributed by atoms with Crippen LogP contribution in [-0.4, -0.2) is 73.9 Å². The van der Waals surface area contributed by atoms with E-state index < -0.39 is 6.09 Å². The molecular formula is C20H26N6O3. The summed E-state index contributed by atoms with van der Waals surface area (Å²) in [5, 5.41) is 11.0. The summed E-state index contributed by atoms with van der Waals surface area (Å²) in [5.74, 6) is 1.47. The van der Waals surface area contributed by atoms with E-state index in [0.29, 0.717) is 26.2 Å². The predicted molar refractivity (Wildman–Crippen MR) is 110 cm³/mol. The van der Waals surface area contributed by atoms with E-state index in [1.165, 1.54) is 0 Å². The molecule has 1 aromatic heterocycles. The van der Waals surface area contributed by atoms with Gasteiger partial charge in [0, 0.05) is 40.3 Å². The van der Waals surface area contributed by atoms with Gasteiger partial charge in [0.2, 0.25) is 5.91 Å². The van der Waals surface area contributed by atoms with Gasteiger partial charge in [0.05, 0.1) is 0 Å². The summed E-state index contributed by atoms with van der Waals surface area (Å²) < 4.78 is 5.12. The molecule has 1 fully saturated rings. The maximum atomic E-state index is 12.3. The van der Waals surface area contributed by atoms with E-state index in [1.807, 2.05) is 61.5 Å². The standard InChI is InChI=1S/C20H26N6O3/c1-24(2)17-8-9-18(23-22-17)25-10-12-26(13-11-25)19(27)14-21-20(28)29-15-16-6-4-3-5-7-16/h3-9H,10-15H2,1-2H3,(H,21,28). The number of anilines is 2. The van der Waals surface area contributed by atoms with Crippen molar-refractivity contribution in [2.24, 2.45) is 0 Å². The summed E-state index contributed by atoms with van der Waals surface area (Å²) >= 11 is 0. The lowest BCUT2D eigenvalue weighted by Crippen LogP contribution is -2.51. The number of rotatable bonds is 6. The lowest BCUT2D eigenvalue weighted by atomic mass is 10.2. The summed E-state index contributed by atoms with van der Waals surface area (Å²) in [6.45, 7) is 2.56. The van der Waals surface area contributed by atoms with Crippen molar-refractivity contribution in [3.8, 4) is 0 Å². The molecule has 0 spiro atoms. The Kier molecular flexibility index (Phi) is 6.83. The van der Waals surface area contributed by atoms with Gasteiger partial charge in [-0.2, -0.15) is 0 Å². The van der Waals surface area contributed by atoms with Crippen LogP contribution in [0.3, 0.4) is 0 Å². The van der Waals surface area contributed by atoms with Gasteiger partial charge in [-0.25, -0.2) is 4.79 Å². The number of alkyl carbamates (subject to hydrolysis) is 1. The second kappa shape index (κ2) is 9.72. The number of nitrogens with one attached hydrogen (secondary N) is 1. The molecule has 0 bridgehead atoms. The number of piperazine rings is 1. The number of carbonyl (C=O) groups excluding carboxylic acids is 2. The number of ether oxygens (including phenoxy) is 1. The molecule has 0 unspecified atom stereocenters. The number of amides is 2. The van der Waals surface area contributed by atoms with Crippen LogP contribution < -0.4 is 15.1 Å². The molecule has 9 nitrogen and oxygen atoms in total. The topological polar surface area (TPSA) is 90.9 Å². The molecule has 29 heavy (non-hydrogen) atoms. The second-order valence-corrected chi connectivity index (χ2v) is 6.93. The predicted octanol–water partition coefficient (Wildman–Crippen LogP) is 1.12. The zero-order chi connectivity index (χ0) is 20.6. The van der Waals surface area contributed by atoms with Crippen LogP contribution in [0.2, 0.25) is 0 Å². The van der Waals surface area contributed by atoms with E-state index in [2.05, 4.69) is 20.4 Å². The van der Waals surface area contributed by atoms with E-state index in [-0.39, 0.29) is 19.1 Å². The van der Waals surface area contributed by atoms with E-state index in [4.69, 9.17) is 4.74 Å². The summed E-state index contributed by atoms with van der Waals surface area (Å²) in [6.07, 6.45) is -0.600. The molecule has 0 aliphatic carbocycles. The van der Waals surface area contributed by atoms with E-state index in [0.717, 1.165) is 17.2 Å². The molecule has 9 heteroatoms. The van der Waals surface area contributed by atoms with Gasteiger partial charge in [-0.05, 0) is 17.7 Å². The monoisotopic (exact) mass is 398 g/mol. The van der Waals surface area contributed by atoms with Gasteiger partial charge in [-0.15, -0.1) is 10.2 Å². The van der Waals surface area contributed by atoms with Crippen LogP contribution in [0, 0.1) is 0 Å². The zero-order valence-corrected chi connectivity index (χ0v) is 16.7. The van der Waals surface area contributed by atoms with E-state index in [9.17, 15) is 9.59 Å². The third kappa shape index (κ3) is 5.81. The van der Waals surface area contributed by atoms with Crippen LogP contribution in [0.15, 0.2) is 42.5 Å². The minimum Gasteiger partial charge on any atom is -0.445 e. The Labute approximate surface area is 170 Å². The van der Waals surface area contributed by atoms with Crippen molar-refractivity contribution < 1.29 is 14.3 Å². The number of hydrogen-bond acceptors (Lipinski definition) is 7. The minimum absolute atomic E-state index is 0.0784. The van der Waals surface area contributed by atoms with Gasteiger partial charge in [0.1, 0.15) is 13.2 Å². The Hall–Kier alpha value is -3.36. The highest BCUT2D eigenvalue weighted by molar-refractivity contribution is 5.82. The molecule has 1 aliphatic rings. The number of aromatic nitrogens is 2. The van der Waals surface area contributed by atoms with Crippen LogP contribution in [0.1, 0.15) is 5.56 Å². The van der Waals surface area contributed by atoms with Crippen molar-refractivity contribution in [3.05, 3.63) is 48.0 Å². The third-order valence-electron chi connectivity index (χ3n) is 4.65. The fourth-order valence-corrected chi connectivity index (χ4v) is 2.94. The summed E-state index contributed by atoms with van der Waals surface area (Å²) in [6, 6.07) is 13.2. The molecule has 1 saturated heterocycles. The first kappa shape index (κ1) is 20.4. The first-order chi connectivity index (χ1) is 14.0.